The first-order chi connectivity index (χ1) is 16.2. The fourth-order valence-corrected chi connectivity index (χ4v) is 3.49. The first-order valence-corrected chi connectivity index (χ1v) is 10.6. The van der Waals surface area contributed by atoms with Crippen molar-refractivity contribution in [1.29, 1.82) is 0 Å². The molecule has 33 heavy (non-hydrogen) atoms. The second-order valence-corrected chi connectivity index (χ2v) is 7.36. The number of rotatable bonds is 9. The van der Waals surface area contributed by atoms with Gasteiger partial charge in [0, 0.05) is 24.6 Å². The smallest absolute Gasteiger partial charge is 0.276 e. The maximum atomic E-state index is 12.8. The van der Waals surface area contributed by atoms with Crippen LogP contribution in [0.25, 0.3) is 11.1 Å². The number of anilines is 1. The van der Waals surface area contributed by atoms with Gasteiger partial charge in [0.25, 0.3) is 5.91 Å². The number of benzene rings is 3. The van der Waals surface area contributed by atoms with Crippen LogP contribution < -0.4 is 15.5 Å². The van der Waals surface area contributed by atoms with Crippen LogP contribution >= 0.6 is 0 Å². The van der Waals surface area contributed by atoms with E-state index >= 15 is 0 Å². The van der Waals surface area contributed by atoms with Gasteiger partial charge in [-0.3, -0.25) is 14.6 Å². The molecule has 166 valence electrons. The van der Waals surface area contributed by atoms with E-state index in [0.717, 1.165) is 33.7 Å². The van der Waals surface area contributed by atoms with Crippen LogP contribution in [0.5, 0.6) is 5.75 Å². The Bertz CT molecular complexity index is 1210. The Balaban J connectivity index is 1.41. The molecule has 0 bridgehead atoms. The van der Waals surface area contributed by atoms with E-state index in [1.807, 2.05) is 78.9 Å². The van der Waals surface area contributed by atoms with Gasteiger partial charge in [-0.2, -0.15) is 0 Å². The van der Waals surface area contributed by atoms with Gasteiger partial charge in [-0.25, -0.2) is 5.48 Å². The van der Waals surface area contributed by atoms with Crippen molar-refractivity contribution in [2.45, 2.75) is 13.2 Å². The molecule has 2 N–H and O–H groups in total. The number of pyridine rings is 1. The van der Waals surface area contributed by atoms with Gasteiger partial charge in [0.1, 0.15) is 12.4 Å². The normalized spacial score (nSPS) is 10.5. The van der Waals surface area contributed by atoms with Gasteiger partial charge in [-0.05, 0) is 58.7 Å². The summed E-state index contributed by atoms with van der Waals surface area (Å²) in [5, 5.41) is 3.30. The highest BCUT2D eigenvalue weighted by atomic mass is 16.6. The number of nitrogens with zero attached hydrogens (tertiary/aromatic N) is 1. The van der Waals surface area contributed by atoms with Crippen LogP contribution in [-0.4, -0.2) is 18.0 Å². The largest absolute Gasteiger partial charge is 0.497 e. The molecule has 4 rings (SSSR count). The number of amides is 1. The summed E-state index contributed by atoms with van der Waals surface area (Å²) in [4.78, 5) is 22.4. The van der Waals surface area contributed by atoms with Crippen LogP contribution in [0.15, 0.2) is 97.3 Å². The number of carbonyl (C=O) groups is 1. The number of carbonyl (C=O) groups excluding carboxylic acids is 1. The van der Waals surface area contributed by atoms with E-state index in [0.29, 0.717) is 12.1 Å². The van der Waals surface area contributed by atoms with Crippen molar-refractivity contribution in [1.82, 2.24) is 10.5 Å². The van der Waals surface area contributed by atoms with Crippen molar-refractivity contribution in [2.24, 2.45) is 0 Å². The van der Waals surface area contributed by atoms with Crippen molar-refractivity contribution < 1.29 is 14.4 Å². The van der Waals surface area contributed by atoms with Crippen LogP contribution in [0, 0.1) is 0 Å². The van der Waals surface area contributed by atoms with Gasteiger partial charge < -0.3 is 10.1 Å². The minimum Gasteiger partial charge on any atom is -0.497 e. The molecule has 0 aliphatic carbocycles. The summed E-state index contributed by atoms with van der Waals surface area (Å²) in [5.74, 6) is 0.471. The Hall–Kier alpha value is -4.16. The predicted octanol–water partition coefficient (Wildman–Crippen LogP) is 5.23. The number of nitrogens with one attached hydrogen (secondary N) is 2. The number of hydroxylamine groups is 1. The second-order valence-electron chi connectivity index (χ2n) is 7.36. The summed E-state index contributed by atoms with van der Waals surface area (Å²) < 4.78 is 5.34. The summed E-state index contributed by atoms with van der Waals surface area (Å²) in [6.07, 6.45) is 3.49. The van der Waals surface area contributed by atoms with E-state index in [1.54, 1.807) is 25.6 Å². The SMILES string of the molecule is COc1cccc(-c2ccccc2CONC(=O)c2ccccc2NCc2ccncc2)c1. The van der Waals surface area contributed by atoms with Crippen LogP contribution in [0.2, 0.25) is 0 Å². The number of hydrogen-bond donors (Lipinski definition) is 2. The lowest BCUT2D eigenvalue weighted by atomic mass is 10.00. The standard InChI is InChI=1S/C27H25N3O3/c1-32-23-9-6-8-21(17-23)24-10-3-2-7-22(24)19-33-30-27(31)25-11-4-5-12-26(25)29-18-20-13-15-28-16-14-20/h2-17,29H,18-19H2,1H3,(H,30,31). The fraction of sp³-hybridized carbons (Fsp3) is 0.111. The van der Waals surface area contributed by atoms with Gasteiger partial charge >= 0.3 is 0 Å². The van der Waals surface area contributed by atoms with Crippen LogP contribution in [0.1, 0.15) is 21.5 Å². The molecule has 0 saturated heterocycles. The van der Waals surface area contributed by atoms with Crippen LogP contribution in [0.4, 0.5) is 5.69 Å². The molecule has 6 heteroatoms. The summed E-state index contributed by atoms with van der Waals surface area (Å²) >= 11 is 0. The van der Waals surface area contributed by atoms with E-state index in [4.69, 9.17) is 9.57 Å². The lowest BCUT2D eigenvalue weighted by Crippen LogP contribution is -2.24. The minimum atomic E-state index is -0.313. The average Bonchev–Trinajstić information content (AvgIpc) is 2.88. The van der Waals surface area contributed by atoms with Crippen molar-refractivity contribution >= 4 is 11.6 Å². The topological polar surface area (TPSA) is 72.5 Å². The molecule has 0 saturated carbocycles. The molecular formula is C27H25N3O3. The molecule has 0 spiro atoms. The lowest BCUT2D eigenvalue weighted by molar-refractivity contribution is 0.0235. The van der Waals surface area contributed by atoms with Crippen molar-refractivity contribution in [3.05, 3.63) is 114 Å². The fourth-order valence-electron chi connectivity index (χ4n) is 3.49. The Labute approximate surface area is 193 Å². The molecule has 4 aromatic rings. The monoisotopic (exact) mass is 439 g/mol. The van der Waals surface area contributed by atoms with Crippen LogP contribution in [0.3, 0.4) is 0 Å². The van der Waals surface area contributed by atoms with Crippen molar-refractivity contribution in [3.63, 3.8) is 0 Å². The third kappa shape index (κ3) is 5.75. The van der Waals surface area contributed by atoms with E-state index in [9.17, 15) is 4.79 Å². The van der Waals surface area contributed by atoms with Crippen molar-refractivity contribution in [2.75, 3.05) is 12.4 Å². The third-order valence-corrected chi connectivity index (χ3v) is 5.19. The van der Waals surface area contributed by atoms with Gasteiger partial charge in [0.2, 0.25) is 0 Å². The molecule has 0 radical (unpaired) electrons. The average molecular weight is 440 g/mol. The maximum Gasteiger partial charge on any atom is 0.276 e. The van der Waals surface area contributed by atoms with E-state index in [-0.39, 0.29) is 12.5 Å². The number of methoxy groups -OCH3 is 1. The molecular weight excluding hydrogens is 414 g/mol. The molecule has 0 fully saturated rings. The summed E-state index contributed by atoms with van der Waals surface area (Å²) in [7, 11) is 1.65. The number of para-hydroxylation sites is 1. The molecule has 1 amide bonds. The zero-order chi connectivity index (χ0) is 22.9. The van der Waals surface area contributed by atoms with Gasteiger partial charge in [0.05, 0.1) is 12.7 Å². The van der Waals surface area contributed by atoms with Crippen LogP contribution in [-0.2, 0) is 18.0 Å². The Morgan fingerprint density at radius 1 is 0.909 bits per heavy atom. The van der Waals surface area contributed by atoms with Crippen molar-refractivity contribution in [3.8, 4) is 16.9 Å². The Kier molecular flexibility index (Phi) is 7.30. The van der Waals surface area contributed by atoms with E-state index in [1.165, 1.54) is 0 Å². The predicted molar refractivity (Wildman–Crippen MR) is 129 cm³/mol. The first kappa shape index (κ1) is 22.0. The highest BCUT2D eigenvalue weighted by molar-refractivity contribution is 5.99. The molecule has 0 aliphatic rings. The molecule has 3 aromatic carbocycles. The second kappa shape index (κ2) is 10.9. The molecule has 0 unspecified atom stereocenters. The summed E-state index contributed by atoms with van der Waals surface area (Å²) in [6.45, 7) is 0.813. The minimum absolute atomic E-state index is 0.228. The summed E-state index contributed by atoms with van der Waals surface area (Å²) in [5.41, 5.74) is 7.88. The molecule has 0 atom stereocenters. The zero-order valence-corrected chi connectivity index (χ0v) is 18.3. The van der Waals surface area contributed by atoms with Gasteiger partial charge in [-0.15, -0.1) is 0 Å². The van der Waals surface area contributed by atoms with E-state index < -0.39 is 0 Å². The molecule has 0 aliphatic heterocycles. The maximum absolute atomic E-state index is 12.8. The Morgan fingerprint density at radius 2 is 1.70 bits per heavy atom. The third-order valence-electron chi connectivity index (χ3n) is 5.19. The number of aromatic nitrogens is 1. The van der Waals surface area contributed by atoms with E-state index in [2.05, 4.69) is 15.8 Å². The number of ether oxygens (including phenoxy) is 1. The summed E-state index contributed by atoms with van der Waals surface area (Å²) in [6, 6.07) is 27.0. The first-order valence-electron chi connectivity index (χ1n) is 10.6. The molecule has 1 heterocycles. The zero-order valence-electron chi connectivity index (χ0n) is 18.3. The van der Waals surface area contributed by atoms with Gasteiger partial charge in [0.15, 0.2) is 0 Å². The quantitative estimate of drug-likeness (QED) is 0.349. The molecule has 6 nitrogen and oxygen atoms in total. The lowest BCUT2D eigenvalue weighted by Gasteiger charge is -2.14. The Morgan fingerprint density at radius 3 is 2.55 bits per heavy atom. The molecule has 1 aromatic heterocycles. The highest BCUT2D eigenvalue weighted by Gasteiger charge is 2.12. The number of hydrogen-bond acceptors (Lipinski definition) is 5. The highest BCUT2D eigenvalue weighted by Crippen LogP contribution is 2.27. The van der Waals surface area contributed by atoms with Gasteiger partial charge in [-0.1, -0.05) is 48.5 Å².